The number of nitrogens with one attached hydrogen (secondary N) is 1. The molecule has 0 aliphatic carbocycles. The number of rotatable bonds is 7. The summed E-state index contributed by atoms with van der Waals surface area (Å²) in [5, 5.41) is 11.5. The maximum Gasteiger partial charge on any atom is 0.225 e. The monoisotopic (exact) mass is 375 g/mol. The van der Waals surface area contributed by atoms with Gasteiger partial charge in [-0.2, -0.15) is 9.57 Å². The lowest BCUT2D eigenvalue weighted by Crippen LogP contribution is -2.32. The van der Waals surface area contributed by atoms with Crippen LogP contribution in [0, 0.1) is 17.1 Å². The Balaban J connectivity index is 1.99. The average molecular weight is 375 g/mol. The number of hydrogen-bond donors (Lipinski definition) is 1. The smallest absolute Gasteiger partial charge is 0.225 e. The number of benzene rings is 2. The summed E-state index contributed by atoms with van der Waals surface area (Å²) in [6.45, 7) is 0.0380. The van der Waals surface area contributed by atoms with E-state index in [0.717, 1.165) is 10.6 Å². The summed E-state index contributed by atoms with van der Waals surface area (Å²) in [6, 6.07) is 13.9. The maximum absolute atomic E-state index is 13.0. The third-order valence-electron chi connectivity index (χ3n) is 3.60. The Bertz CT molecular complexity index is 921. The van der Waals surface area contributed by atoms with E-state index in [2.05, 4.69) is 5.32 Å². The van der Waals surface area contributed by atoms with Crippen LogP contribution in [0.15, 0.2) is 48.5 Å². The first-order valence-electron chi connectivity index (χ1n) is 7.77. The van der Waals surface area contributed by atoms with Crippen LogP contribution in [-0.4, -0.2) is 31.4 Å². The highest BCUT2D eigenvalue weighted by Crippen LogP contribution is 2.12. The molecule has 0 radical (unpaired) electrons. The number of anilines is 1. The Labute approximate surface area is 151 Å². The Kier molecular flexibility index (Phi) is 6.44. The van der Waals surface area contributed by atoms with Crippen LogP contribution in [0.1, 0.15) is 17.5 Å². The summed E-state index contributed by atoms with van der Waals surface area (Å²) in [5.74, 6) is -0.772. The minimum Gasteiger partial charge on any atom is -0.326 e. The average Bonchev–Trinajstić information content (AvgIpc) is 2.59. The second-order valence-electron chi connectivity index (χ2n) is 5.71. The molecular weight excluding hydrogens is 357 g/mol. The van der Waals surface area contributed by atoms with E-state index in [0.29, 0.717) is 16.8 Å². The van der Waals surface area contributed by atoms with Crippen LogP contribution in [0.3, 0.4) is 0 Å². The van der Waals surface area contributed by atoms with Gasteiger partial charge in [-0.15, -0.1) is 0 Å². The van der Waals surface area contributed by atoms with Crippen molar-refractivity contribution in [2.24, 2.45) is 0 Å². The zero-order valence-electron chi connectivity index (χ0n) is 14.1. The summed E-state index contributed by atoms with van der Waals surface area (Å²) in [5.41, 5.74) is 1.51. The molecule has 0 heterocycles. The Morgan fingerprint density at radius 3 is 2.54 bits per heavy atom. The lowest BCUT2D eigenvalue weighted by molar-refractivity contribution is -0.116. The molecular formula is C18H18FN3O3S. The van der Waals surface area contributed by atoms with E-state index < -0.39 is 15.8 Å². The molecule has 136 valence electrons. The molecule has 0 atom stereocenters. The number of carbonyl (C=O) groups is 1. The zero-order valence-corrected chi connectivity index (χ0v) is 15.0. The summed E-state index contributed by atoms with van der Waals surface area (Å²) in [7, 11) is -3.54. The van der Waals surface area contributed by atoms with Crippen LogP contribution in [0.2, 0.25) is 0 Å². The van der Waals surface area contributed by atoms with Gasteiger partial charge in [0.15, 0.2) is 0 Å². The molecule has 2 aromatic carbocycles. The SMILES string of the molecule is CS(=O)(=O)N(CCC(=O)Nc1cccc(C#N)c1)Cc1ccc(F)cc1. The van der Waals surface area contributed by atoms with Gasteiger partial charge in [0, 0.05) is 25.2 Å². The Hall–Kier alpha value is -2.76. The second kappa shape index (κ2) is 8.56. The van der Waals surface area contributed by atoms with Crippen LogP contribution in [0.5, 0.6) is 0 Å². The lowest BCUT2D eigenvalue weighted by Gasteiger charge is -2.20. The van der Waals surface area contributed by atoms with Crippen molar-refractivity contribution >= 4 is 21.6 Å². The molecule has 26 heavy (non-hydrogen) atoms. The van der Waals surface area contributed by atoms with E-state index in [9.17, 15) is 17.6 Å². The molecule has 0 saturated carbocycles. The molecule has 0 saturated heterocycles. The molecule has 2 rings (SSSR count). The minimum atomic E-state index is -3.54. The van der Waals surface area contributed by atoms with Gasteiger partial charge in [0.1, 0.15) is 5.82 Å². The number of nitriles is 1. The van der Waals surface area contributed by atoms with Gasteiger partial charge < -0.3 is 5.32 Å². The first kappa shape index (κ1) is 19.6. The van der Waals surface area contributed by atoms with Crippen LogP contribution in [0.25, 0.3) is 0 Å². The van der Waals surface area contributed by atoms with E-state index in [1.54, 1.807) is 18.2 Å². The van der Waals surface area contributed by atoms with Crippen molar-refractivity contribution in [2.75, 3.05) is 18.1 Å². The predicted molar refractivity (Wildman–Crippen MR) is 96.1 cm³/mol. The van der Waals surface area contributed by atoms with E-state index in [1.165, 1.54) is 30.3 Å². The van der Waals surface area contributed by atoms with Gasteiger partial charge in [0.05, 0.1) is 17.9 Å². The summed E-state index contributed by atoms with van der Waals surface area (Å²) in [6.07, 6.45) is 1.01. The number of nitrogens with zero attached hydrogens (tertiary/aromatic N) is 2. The van der Waals surface area contributed by atoms with Gasteiger partial charge >= 0.3 is 0 Å². The van der Waals surface area contributed by atoms with Crippen molar-refractivity contribution in [1.29, 1.82) is 5.26 Å². The first-order valence-corrected chi connectivity index (χ1v) is 9.62. The highest BCUT2D eigenvalue weighted by molar-refractivity contribution is 7.88. The predicted octanol–water partition coefficient (Wildman–Crippen LogP) is 2.49. The Morgan fingerprint density at radius 1 is 1.23 bits per heavy atom. The van der Waals surface area contributed by atoms with Crippen LogP contribution in [0.4, 0.5) is 10.1 Å². The summed E-state index contributed by atoms with van der Waals surface area (Å²) < 4.78 is 38.0. The normalized spacial score (nSPS) is 11.2. The largest absolute Gasteiger partial charge is 0.326 e. The first-order chi connectivity index (χ1) is 12.3. The van der Waals surface area contributed by atoms with Crippen LogP contribution < -0.4 is 5.32 Å². The molecule has 1 amide bonds. The van der Waals surface area contributed by atoms with Crippen molar-refractivity contribution < 1.29 is 17.6 Å². The zero-order chi connectivity index (χ0) is 19.2. The standard InChI is InChI=1S/C18H18FN3O3S/c1-26(24,25)22(13-14-5-7-16(19)8-6-14)10-9-18(23)21-17-4-2-3-15(11-17)12-20/h2-8,11H,9-10,13H2,1H3,(H,21,23). The fraction of sp³-hybridized carbons (Fsp3) is 0.222. The van der Waals surface area contributed by atoms with Crippen molar-refractivity contribution in [3.05, 3.63) is 65.5 Å². The summed E-state index contributed by atoms with van der Waals surface area (Å²) in [4.78, 5) is 12.1. The van der Waals surface area contributed by atoms with Gasteiger partial charge in [0.2, 0.25) is 15.9 Å². The molecule has 8 heteroatoms. The lowest BCUT2D eigenvalue weighted by atomic mass is 10.2. The van der Waals surface area contributed by atoms with E-state index in [1.807, 2.05) is 6.07 Å². The quantitative estimate of drug-likeness (QED) is 0.805. The number of halogens is 1. The molecule has 0 aliphatic heterocycles. The van der Waals surface area contributed by atoms with Crippen LogP contribution >= 0.6 is 0 Å². The van der Waals surface area contributed by atoms with E-state index >= 15 is 0 Å². The van der Waals surface area contributed by atoms with Gasteiger partial charge in [-0.25, -0.2) is 12.8 Å². The number of amides is 1. The molecule has 2 aromatic rings. The molecule has 0 spiro atoms. The minimum absolute atomic E-state index is 0.0139. The molecule has 0 aliphatic rings. The third-order valence-corrected chi connectivity index (χ3v) is 4.85. The summed E-state index contributed by atoms with van der Waals surface area (Å²) >= 11 is 0. The topological polar surface area (TPSA) is 90.3 Å². The van der Waals surface area contributed by atoms with Crippen molar-refractivity contribution in [2.45, 2.75) is 13.0 Å². The number of carbonyl (C=O) groups excluding carboxylic acids is 1. The van der Waals surface area contributed by atoms with Crippen molar-refractivity contribution in [1.82, 2.24) is 4.31 Å². The number of hydrogen-bond acceptors (Lipinski definition) is 4. The molecule has 0 unspecified atom stereocenters. The highest BCUT2D eigenvalue weighted by atomic mass is 32.2. The van der Waals surface area contributed by atoms with E-state index in [4.69, 9.17) is 5.26 Å². The fourth-order valence-electron chi connectivity index (χ4n) is 2.27. The fourth-order valence-corrected chi connectivity index (χ4v) is 3.08. The molecule has 6 nitrogen and oxygen atoms in total. The van der Waals surface area contributed by atoms with Gasteiger partial charge in [-0.1, -0.05) is 18.2 Å². The van der Waals surface area contributed by atoms with Gasteiger partial charge in [-0.3, -0.25) is 4.79 Å². The second-order valence-corrected chi connectivity index (χ2v) is 7.70. The molecule has 0 aromatic heterocycles. The molecule has 1 N–H and O–H groups in total. The van der Waals surface area contributed by atoms with Gasteiger partial charge in [-0.05, 0) is 35.9 Å². The molecule has 0 bridgehead atoms. The maximum atomic E-state index is 13.0. The highest BCUT2D eigenvalue weighted by Gasteiger charge is 2.18. The van der Waals surface area contributed by atoms with E-state index in [-0.39, 0.29) is 25.4 Å². The third kappa shape index (κ3) is 5.95. The number of sulfonamides is 1. The van der Waals surface area contributed by atoms with Crippen molar-refractivity contribution in [3.63, 3.8) is 0 Å². The van der Waals surface area contributed by atoms with Crippen molar-refractivity contribution in [3.8, 4) is 6.07 Å². The van der Waals surface area contributed by atoms with Gasteiger partial charge in [0.25, 0.3) is 0 Å². The molecule has 0 fully saturated rings. The Morgan fingerprint density at radius 2 is 1.92 bits per heavy atom. The van der Waals surface area contributed by atoms with Crippen LogP contribution in [-0.2, 0) is 21.4 Å².